The molecule has 0 radical (unpaired) electrons. The number of nitrogen functional groups attached to an aromatic ring is 1. The van der Waals surface area contributed by atoms with Crippen LogP contribution in [0.2, 0.25) is 0 Å². The summed E-state index contributed by atoms with van der Waals surface area (Å²) >= 11 is 4.78. The van der Waals surface area contributed by atoms with E-state index in [4.69, 9.17) is 5.73 Å². The summed E-state index contributed by atoms with van der Waals surface area (Å²) in [6.07, 6.45) is 1.63. The SMILES string of the molecule is Nc1ccc2sc(C(=O)Nc3ncccc3Br)cc2c1. The Hall–Kier alpha value is -1.92. The van der Waals surface area contributed by atoms with Gasteiger partial charge in [-0.15, -0.1) is 11.3 Å². The van der Waals surface area contributed by atoms with Crippen molar-refractivity contribution in [3.05, 3.63) is 51.9 Å². The van der Waals surface area contributed by atoms with Crippen LogP contribution in [0, 0.1) is 0 Å². The van der Waals surface area contributed by atoms with E-state index in [0.29, 0.717) is 16.4 Å². The van der Waals surface area contributed by atoms with E-state index in [1.54, 1.807) is 12.3 Å². The largest absolute Gasteiger partial charge is 0.399 e. The molecule has 3 aromatic rings. The van der Waals surface area contributed by atoms with Gasteiger partial charge in [0.25, 0.3) is 5.91 Å². The van der Waals surface area contributed by atoms with Gasteiger partial charge in [-0.2, -0.15) is 0 Å². The molecule has 2 aromatic heterocycles. The summed E-state index contributed by atoms with van der Waals surface area (Å²) in [5.41, 5.74) is 6.43. The molecule has 0 aliphatic carbocycles. The van der Waals surface area contributed by atoms with Crippen LogP contribution in [0.4, 0.5) is 11.5 Å². The number of rotatable bonds is 2. The fourth-order valence-corrected chi connectivity index (χ4v) is 3.11. The Balaban J connectivity index is 1.91. The van der Waals surface area contributed by atoms with Gasteiger partial charge in [-0.3, -0.25) is 4.79 Å². The maximum absolute atomic E-state index is 12.2. The predicted molar refractivity (Wildman–Crippen MR) is 86.1 cm³/mol. The first-order chi connectivity index (χ1) is 9.63. The molecule has 100 valence electrons. The minimum absolute atomic E-state index is 0.177. The first-order valence-corrected chi connectivity index (χ1v) is 7.45. The Kier molecular flexibility index (Phi) is 3.42. The summed E-state index contributed by atoms with van der Waals surface area (Å²) in [5.74, 6) is 0.332. The number of benzene rings is 1. The molecule has 3 N–H and O–H groups in total. The first kappa shape index (κ1) is 13.1. The van der Waals surface area contributed by atoms with Gasteiger partial charge in [-0.1, -0.05) is 0 Å². The third-order valence-electron chi connectivity index (χ3n) is 2.75. The summed E-state index contributed by atoms with van der Waals surface area (Å²) < 4.78 is 1.78. The van der Waals surface area contributed by atoms with E-state index in [9.17, 15) is 4.79 Å². The lowest BCUT2D eigenvalue weighted by atomic mass is 10.2. The van der Waals surface area contributed by atoms with Crippen molar-refractivity contribution in [3.8, 4) is 0 Å². The lowest BCUT2D eigenvalue weighted by Gasteiger charge is -2.03. The highest BCUT2D eigenvalue weighted by Gasteiger charge is 2.12. The molecule has 20 heavy (non-hydrogen) atoms. The molecule has 0 saturated carbocycles. The quantitative estimate of drug-likeness (QED) is 0.691. The highest BCUT2D eigenvalue weighted by Crippen LogP contribution is 2.28. The molecule has 0 atom stereocenters. The van der Waals surface area contributed by atoms with Gasteiger partial charge < -0.3 is 11.1 Å². The van der Waals surface area contributed by atoms with Crippen molar-refractivity contribution in [2.24, 2.45) is 0 Å². The molecule has 0 fully saturated rings. The normalized spacial score (nSPS) is 10.7. The summed E-state index contributed by atoms with van der Waals surface area (Å²) in [4.78, 5) is 17.0. The summed E-state index contributed by atoms with van der Waals surface area (Å²) in [5, 5.41) is 3.76. The second-order valence-corrected chi connectivity index (χ2v) is 6.13. The maximum Gasteiger partial charge on any atom is 0.266 e. The lowest BCUT2D eigenvalue weighted by Crippen LogP contribution is -2.11. The Morgan fingerprint density at radius 1 is 1.30 bits per heavy atom. The molecule has 4 nitrogen and oxygen atoms in total. The Labute approximate surface area is 127 Å². The van der Waals surface area contributed by atoms with Crippen molar-refractivity contribution in [2.45, 2.75) is 0 Å². The molecule has 0 spiro atoms. The molecular formula is C14H10BrN3OS. The van der Waals surface area contributed by atoms with E-state index in [0.717, 1.165) is 14.6 Å². The number of halogens is 1. The number of carbonyl (C=O) groups excluding carboxylic acids is 1. The van der Waals surface area contributed by atoms with Gasteiger partial charge in [0.2, 0.25) is 0 Å². The Morgan fingerprint density at radius 3 is 2.95 bits per heavy atom. The third-order valence-corrected chi connectivity index (χ3v) is 4.51. The van der Waals surface area contributed by atoms with Crippen LogP contribution < -0.4 is 11.1 Å². The van der Waals surface area contributed by atoms with Gasteiger partial charge in [0.05, 0.1) is 9.35 Å². The average Bonchev–Trinajstić information content (AvgIpc) is 2.84. The molecule has 0 saturated heterocycles. The van der Waals surface area contributed by atoms with Gasteiger partial charge in [0.1, 0.15) is 5.82 Å². The van der Waals surface area contributed by atoms with E-state index in [2.05, 4.69) is 26.2 Å². The molecule has 0 bridgehead atoms. The van der Waals surface area contributed by atoms with E-state index in [1.165, 1.54) is 11.3 Å². The number of aromatic nitrogens is 1. The van der Waals surface area contributed by atoms with Crippen molar-refractivity contribution in [2.75, 3.05) is 11.1 Å². The van der Waals surface area contributed by atoms with Gasteiger partial charge in [0, 0.05) is 16.6 Å². The number of pyridine rings is 1. The molecule has 0 aliphatic heterocycles. The van der Waals surface area contributed by atoms with E-state index in [1.807, 2.05) is 30.3 Å². The van der Waals surface area contributed by atoms with Crippen molar-refractivity contribution < 1.29 is 4.79 Å². The summed E-state index contributed by atoms with van der Waals surface area (Å²) in [7, 11) is 0. The second-order valence-electron chi connectivity index (χ2n) is 4.20. The van der Waals surface area contributed by atoms with Crippen LogP contribution in [-0.2, 0) is 0 Å². The number of amides is 1. The smallest absolute Gasteiger partial charge is 0.266 e. The minimum Gasteiger partial charge on any atom is -0.399 e. The summed E-state index contributed by atoms with van der Waals surface area (Å²) in [6, 6.07) is 11.1. The monoisotopic (exact) mass is 347 g/mol. The van der Waals surface area contributed by atoms with E-state index >= 15 is 0 Å². The molecule has 0 aliphatic rings. The highest BCUT2D eigenvalue weighted by molar-refractivity contribution is 9.10. The Bertz CT molecular complexity index is 800. The third kappa shape index (κ3) is 2.52. The highest BCUT2D eigenvalue weighted by atomic mass is 79.9. The number of hydrogen-bond donors (Lipinski definition) is 2. The number of thiophene rings is 1. The zero-order valence-corrected chi connectivity index (χ0v) is 12.7. The number of nitrogens with one attached hydrogen (secondary N) is 1. The number of nitrogens with zero attached hydrogens (tertiary/aromatic N) is 1. The van der Waals surface area contributed by atoms with Crippen LogP contribution >= 0.6 is 27.3 Å². The van der Waals surface area contributed by atoms with Gasteiger partial charge in [-0.25, -0.2) is 4.98 Å². The van der Waals surface area contributed by atoms with E-state index in [-0.39, 0.29) is 5.91 Å². The zero-order chi connectivity index (χ0) is 14.1. The second kappa shape index (κ2) is 5.22. The number of nitrogens with two attached hydrogens (primary N) is 1. The number of carbonyl (C=O) groups is 1. The fourth-order valence-electron chi connectivity index (χ4n) is 1.82. The molecule has 0 unspecified atom stereocenters. The molecule has 1 aromatic carbocycles. The number of hydrogen-bond acceptors (Lipinski definition) is 4. The maximum atomic E-state index is 12.2. The average molecular weight is 348 g/mol. The van der Waals surface area contributed by atoms with Crippen LogP contribution in [0.15, 0.2) is 47.1 Å². The van der Waals surface area contributed by atoms with Crippen molar-refractivity contribution in [1.29, 1.82) is 0 Å². The van der Waals surface area contributed by atoms with Gasteiger partial charge in [0.15, 0.2) is 0 Å². The first-order valence-electron chi connectivity index (χ1n) is 5.84. The van der Waals surface area contributed by atoms with Crippen LogP contribution in [0.3, 0.4) is 0 Å². The number of anilines is 2. The molecule has 1 amide bonds. The standard InChI is InChI=1S/C14H10BrN3OS/c15-10-2-1-5-17-13(10)18-14(19)12-7-8-6-9(16)3-4-11(8)20-12/h1-7H,16H2,(H,17,18,19). The molecule has 2 heterocycles. The zero-order valence-electron chi connectivity index (χ0n) is 10.3. The van der Waals surface area contributed by atoms with Gasteiger partial charge >= 0.3 is 0 Å². The topological polar surface area (TPSA) is 68.0 Å². The predicted octanol–water partition coefficient (Wildman–Crippen LogP) is 3.89. The lowest BCUT2D eigenvalue weighted by molar-refractivity contribution is 0.103. The molecule has 6 heteroatoms. The van der Waals surface area contributed by atoms with Crippen LogP contribution in [0.5, 0.6) is 0 Å². The Morgan fingerprint density at radius 2 is 2.15 bits per heavy atom. The number of fused-ring (bicyclic) bond motifs is 1. The molecule has 3 rings (SSSR count). The van der Waals surface area contributed by atoms with Crippen molar-refractivity contribution >= 4 is 54.8 Å². The van der Waals surface area contributed by atoms with Crippen LogP contribution in [0.1, 0.15) is 9.67 Å². The minimum atomic E-state index is -0.177. The van der Waals surface area contributed by atoms with Crippen molar-refractivity contribution in [3.63, 3.8) is 0 Å². The van der Waals surface area contributed by atoms with Gasteiger partial charge in [-0.05, 0) is 57.7 Å². The van der Waals surface area contributed by atoms with E-state index < -0.39 is 0 Å². The molecular weight excluding hydrogens is 338 g/mol. The van der Waals surface area contributed by atoms with Crippen molar-refractivity contribution in [1.82, 2.24) is 4.98 Å². The van der Waals surface area contributed by atoms with Crippen LogP contribution in [-0.4, -0.2) is 10.9 Å². The fraction of sp³-hybridized carbons (Fsp3) is 0. The van der Waals surface area contributed by atoms with Crippen LogP contribution in [0.25, 0.3) is 10.1 Å². The summed E-state index contributed by atoms with van der Waals surface area (Å²) in [6.45, 7) is 0.